The Labute approximate surface area is 65.9 Å². The molecule has 1 aliphatic carbocycles. The standard InChI is InChI=1S/C9H11NO/c1-6-4-8(7-2-3-7)5-10-9(6)11/h4-5,7H,2-3H2,1H3,(H,10,11). The molecule has 0 radical (unpaired) electrons. The maximum atomic E-state index is 9.13. The highest BCUT2D eigenvalue weighted by Crippen LogP contribution is 2.40. The molecule has 0 saturated heterocycles. The second-order valence-corrected chi connectivity index (χ2v) is 3.18. The second kappa shape index (κ2) is 2.22. The Balaban J connectivity index is 2.36. The van der Waals surface area contributed by atoms with Crippen molar-refractivity contribution in [1.82, 2.24) is 4.98 Å². The lowest BCUT2D eigenvalue weighted by molar-refractivity contribution is 0.448. The number of rotatable bonds is 1. The first-order valence-electron chi connectivity index (χ1n) is 3.93. The molecular formula is C9H11NO. The molecule has 1 aliphatic rings. The van der Waals surface area contributed by atoms with E-state index in [-0.39, 0.29) is 5.88 Å². The van der Waals surface area contributed by atoms with E-state index in [2.05, 4.69) is 4.98 Å². The third kappa shape index (κ3) is 1.20. The number of pyridine rings is 1. The maximum Gasteiger partial charge on any atom is 0.213 e. The minimum atomic E-state index is 0.161. The summed E-state index contributed by atoms with van der Waals surface area (Å²) in [6.07, 6.45) is 4.35. The van der Waals surface area contributed by atoms with Gasteiger partial charge in [-0.2, -0.15) is 0 Å². The van der Waals surface area contributed by atoms with Crippen LogP contribution in [-0.4, -0.2) is 10.1 Å². The average molecular weight is 149 g/mol. The molecule has 1 saturated carbocycles. The molecule has 0 aromatic carbocycles. The summed E-state index contributed by atoms with van der Waals surface area (Å²) >= 11 is 0. The van der Waals surface area contributed by atoms with Crippen LogP contribution in [0.15, 0.2) is 12.3 Å². The molecule has 0 aliphatic heterocycles. The van der Waals surface area contributed by atoms with Gasteiger partial charge in [0, 0.05) is 11.8 Å². The molecule has 2 heteroatoms. The van der Waals surface area contributed by atoms with Gasteiger partial charge in [-0.05, 0) is 37.3 Å². The van der Waals surface area contributed by atoms with Gasteiger partial charge in [-0.1, -0.05) is 0 Å². The topological polar surface area (TPSA) is 33.1 Å². The molecule has 0 unspecified atom stereocenters. The highest BCUT2D eigenvalue weighted by Gasteiger charge is 2.23. The van der Waals surface area contributed by atoms with E-state index in [9.17, 15) is 0 Å². The molecule has 0 atom stereocenters. The lowest BCUT2D eigenvalue weighted by Gasteiger charge is -2.00. The molecule has 1 aromatic rings. The van der Waals surface area contributed by atoms with E-state index in [1.165, 1.54) is 18.4 Å². The Morgan fingerprint density at radius 3 is 2.82 bits per heavy atom. The highest BCUT2D eigenvalue weighted by molar-refractivity contribution is 5.31. The Kier molecular flexibility index (Phi) is 1.34. The molecule has 2 nitrogen and oxygen atoms in total. The predicted molar refractivity (Wildman–Crippen MR) is 42.6 cm³/mol. The van der Waals surface area contributed by atoms with E-state index < -0.39 is 0 Å². The summed E-state index contributed by atoms with van der Waals surface area (Å²) in [6, 6.07) is 2.03. The zero-order valence-electron chi connectivity index (χ0n) is 6.54. The fourth-order valence-corrected chi connectivity index (χ4v) is 1.23. The smallest absolute Gasteiger partial charge is 0.213 e. The second-order valence-electron chi connectivity index (χ2n) is 3.18. The number of hydrogen-bond acceptors (Lipinski definition) is 2. The SMILES string of the molecule is Cc1cc(C2CC2)cnc1O. The molecule has 0 spiro atoms. The zero-order chi connectivity index (χ0) is 7.84. The van der Waals surface area contributed by atoms with Gasteiger partial charge in [0.2, 0.25) is 5.88 Å². The lowest BCUT2D eigenvalue weighted by Crippen LogP contribution is -1.85. The summed E-state index contributed by atoms with van der Waals surface area (Å²) in [6.45, 7) is 1.88. The summed E-state index contributed by atoms with van der Waals surface area (Å²) in [5.74, 6) is 0.885. The van der Waals surface area contributed by atoms with E-state index in [0.29, 0.717) is 0 Å². The summed E-state index contributed by atoms with van der Waals surface area (Å²) in [7, 11) is 0. The average Bonchev–Trinajstić information content (AvgIpc) is 2.77. The van der Waals surface area contributed by atoms with Crippen LogP contribution in [0.1, 0.15) is 29.9 Å². The quantitative estimate of drug-likeness (QED) is 0.662. The monoisotopic (exact) mass is 149 g/mol. The minimum absolute atomic E-state index is 0.161. The summed E-state index contributed by atoms with van der Waals surface area (Å²) in [5.41, 5.74) is 2.16. The molecule has 1 aromatic heterocycles. The van der Waals surface area contributed by atoms with Crippen molar-refractivity contribution in [2.24, 2.45) is 0 Å². The van der Waals surface area contributed by atoms with Crippen molar-refractivity contribution < 1.29 is 5.11 Å². The third-order valence-corrected chi connectivity index (χ3v) is 2.12. The molecule has 0 bridgehead atoms. The minimum Gasteiger partial charge on any atom is -0.493 e. The van der Waals surface area contributed by atoms with Crippen LogP contribution in [0.4, 0.5) is 0 Å². The van der Waals surface area contributed by atoms with Crippen molar-refractivity contribution in [3.05, 3.63) is 23.4 Å². The Bertz CT molecular complexity index is 279. The van der Waals surface area contributed by atoms with Crippen molar-refractivity contribution in [3.8, 4) is 5.88 Å². The Hall–Kier alpha value is -1.05. The van der Waals surface area contributed by atoms with Crippen LogP contribution in [0.2, 0.25) is 0 Å². The van der Waals surface area contributed by atoms with Crippen molar-refractivity contribution in [2.45, 2.75) is 25.7 Å². The Morgan fingerprint density at radius 1 is 1.55 bits per heavy atom. The molecule has 1 heterocycles. The molecule has 1 N–H and O–H groups in total. The van der Waals surface area contributed by atoms with Crippen molar-refractivity contribution >= 4 is 0 Å². The number of nitrogens with zero attached hydrogens (tertiary/aromatic N) is 1. The molecule has 11 heavy (non-hydrogen) atoms. The van der Waals surface area contributed by atoms with Gasteiger partial charge in [0.1, 0.15) is 0 Å². The van der Waals surface area contributed by atoms with Gasteiger partial charge in [0.25, 0.3) is 0 Å². The first kappa shape index (κ1) is 6.65. The van der Waals surface area contributed by atoms with E-state index in [1.807, 2.05) is 13.0 Å². The van der Waals surface area contributed by atoms with E-state index in [0.717, 1.165) is 11.5 Å². The number of aryl methyl sites for hydroxylation is 1. The van der Waals surface area contributed by atoms with E-state index >= 15 is 0 Å². The number of aromatic hydroxyl groups is 1. The first-order chi connectivity index (χ1) is 5.27. The largest absolute Gasteiger partial charge is 0.493 e. The van der Waals surface area contributed by atoms with Crippen molar-refractivity contribution in [2.75, 3.05) is 0 Å². The van der Waals surface area contributed by atoms with Crippen LogP contribution in [-0.2, 0) is 0 Å². The zero-order valence-corrected chi connectivity index (χ0v) is 6.54. The van der Waals surface area contributed by atoms with Gasteiger partial charge in [-0.25, -0.2) is 4.98 Å². The Morgan fingerprint density at radius 2 is 2.27 bits per heavy atom. The van der Waals surface area contributed by atoms with Crippen LogP contribution >= 0.6 is 0 Å². The maximum absolute atomic E-state index is 9.13. The summed E-state index contributed by atoms with van der Waals surface area (Å²) < 4.78 is 0. The fraction of sp³-hybridized carbons (Fsp3) is 0.444. The molecule has 58 valence electrons. The van der Waals surface area contributed by atoms with Crippen molar-refractivity contribution in [1.29, 1.82) is 0 Å². The fourth-order valence-electron chi connectivity index (χ4n) is 1.23. The third-order valence-electron chi connectivity index (χ3n) is 2.12. The lowest BCUT2D eigenvalue weighted by atomic mass is 10.1. The highest BCUT2D eigenvalue weighted by atomic mass is 16.3. The van der Waals surface area contributed by atoms with E-state index in [1.54, 1.807) is 6.20 Å². The van der Waals surface area contributed by atoms with Gasteiger partial charge in [-0.15, -0.1) is 0 Å². The van der Waals surface area contributed by atoms with Crippen LogP contribution in [0.5, 0.6) is 5.88 Å². The van der Waals surface area contributed by atoms with Crippen molar-refractivity contribution in [3.63, 3.8) is 0 Å². The first-order valence-corrected chi connectivity index (χ1v) is 3.93. The van der Waals surface area contributed by atoms with E-state index in [4.69, 9.17) is 5.11 Å². The molecular weight excluding hydrogens is 138 g/mol. The predicted octanol–water partition coefficient (Wildman–Crippen LogP) is 1.97. The van der Waals surface area contributed by atoms with Gasteiger partial charge in [0.05, 0.1) is 0 Å². The number of hydrogen-bond donors (Lipinski definition) is 1. The van der Waals surface area contributed by atoms with Gasteiger partial charge in [0.15, 0.2) is 0 Å². The van der Waals surface area contributed by atoms with Crippen LogP contribution < -0.4 is 0 Å². The summed E-state index contributed by atoms with van der Waals surface area (Å²) in [5, 5.41) is 9.13. The molecule has 0 amide bonds. The molecule has 1 fully saturated rings. The molecule has 2 rings (SSSR count). The normalized spacial score (nSPS) is 16.8. The van der Waals surface area contributed by atoms with Crippen LogP contribution in [0, 0.1) is 6.92 Å². The van der Waals surface area contributed by atoms with Gasteiger partial charge >= 0.3 is 0 Å². The number of aromatic nitrogens is 1. The van der Waals surface area contributed by atoms with Gasteiger partial charge in [-0.3, -0.25) is 0 Å². The van der Waals surface area contributed by atoms with Crippen LogP contribution in [0.25, 0.3) is 0 Å². The summed E-state index contributed by atoms with van der Waals surface area (Å²) in [4.78, 5) is 3.90. The van der Waals surface area contributed by atoms with Gasteiger partial charge < -0.3 is 5.11 Å². The van der Waals surface area contributed by atoms with Crippen LogP contribution in [0.3, 0.4) is 0 Å².